The van der Waals surface area contributed by atoms with Gasteiger partial charge in [0.25, 0.3) is 0 Å². The summed E-state index contributed by atoms with van der Waals surface area (Å²) in [6.07, 6.45) is -3.22. The first kappa shape index (κ1) is 23.7. The standard InChI is InChI=1S/C21H25N3O.C2HF3O2/c1-16-7-6-10-18(22-16)15-24-13-11-21(12-14-24)19(23(2)20(21)25)17-8-4-3-5-9-17;3-2(4,5)1(6)7/h3-10,19H,11-15H2,1-2H3;(H,6,7). The SMILES string of the molecule is Cc1cccc(CN2CCC3(CC2)C(=O)N(C)C3c2ccccc2)n1.O=C(O)C(F)(F)F. The lowest BCUT2D eigenvalue weighted by atomic mass is 9.62. The number of rotatable bonds is 3. The summed E-state index contributed by atoms with van der Waals surface area (Å²) < 4.78 is 31.7. The molecule has 1 amide bonds. The molecule has 0 radical (unpaired) electrons. The van der Waals surface area contributed by atoms with Gasteiger partial charge in [0, 0.05) is 19.3 Å². The van der Waals surface area contributed by atoms with E-state index in [0.717, 1.165) is 43.9 Å². The summed E-state index contributed by atoms with van der Waals surface area (Å²) in [4.78, 5) is 30.6. The van der Waals surface area contributed by atoms with Crippen LogP contribution in [0.25, 0.3) is 0 Å². The van der Waals surface area contributed by atoms with E-state index in [1.807, 2.05) is 31.0 Å². The van der Waals surface area contributed by atoms with E-state index in [1.54, 1.807) is 0 Å². The fourth-order valence-electron chi connectivity index (χ4n) is 4.58. The quantitative estimate of drug-likeness (QED) is 0.722. The highest BCUT2D eigenvalue weighted by atomic mass is 19.4. The van der Waals surface area contributed by atoms with Gasteiger partial charge in [-0.3, -0.25) is 14.7 Å². The Morgan fingerprint density at radius 1 is 1.12 bits per heavy atom. The first-order chi connectivity index (χ1) is 15.0. The van der Waals surface area contributed by atoms with Crippen molar-refractivity contribution in [2.24, 2.45) is 5.41 Å². The lowest BCUT2D eigenvalue weighted by molar-refractivity contribution is -0.192. The van der Waals surface area contributed by atoms with Crippen LogP contribution in [-0.2, 0) is 16.1 Å². The second kappa shape index (κ2) is 9.28. The molecule has 32 heavy (non-hydrogen) atoms. The molecule has 172 valence electrons. The predicted octanol–water partition coefficient (Wildman–Crippen LogP) is 3.82. The molecule has 2 saturated heterocycles. The number of β-lactam (4-membered cyclic amide) rings is 1. The molecule has 1 N–H and O–H groups in total. The molecule has 2 fully saturated rings. The lowest BCUT2D eigenvalue weighted by Crippen LogP contribution is -2.64. The summed E-state index contributed by atoms with van der Waals surface area (Å²) in [5.74, 6) is -2.44. The second-order valence-corrected chi connectivity index (χ2v) is 8.23. The number of amides is 1. The molecule has 4 rings (SSSR count). The number of aromatic nitrogens is 1. The van der Waals surface area contributed by atoms with Gasteiger partial charge in [-0.1, -0.05) is 36.4 Å². The number of carboxylic acids is 1. The molecule has 6 nitrogen and oxygen atoms in total. The third-order valence-corrected chi connectivity index (χ3v) is 6.09. The predicted molar refractivity (Wildman–Crippen MR) is 112 cm³/mol. The number of halogens is 3. The van der Waals surface area contributed by atoms with Crippen molar-refractivity contribution in [3.63, 3.8) is 0 Å². The van der Waals surface area contributed by atoms with E-state index < -0.39 is 12.1 Å². The number of pyridine rings is 1. The molecule has 1 aromatic heterocycles. The summed E-state index contributed by atoms with van der Waals surface area (Å²) >= 11 is 0. The number of benzene rings is 1. The third-order valence-electron chi connectivity index (χ3n) is 6.09. The van der Waals surface area contributed by atoms with Gasteiger partial charge < -0.3 is 10.0 Å². The van der Waals surface area contributed by atoms with Crippen molar-refractivity contribution in [2.45, 2.75) is 38.5 Å². The highest BCUT2D eigenvalue weighted by Crippen LogP contribution is 2.55. The number of hydrogen-bond acceptors (Lipinski definition) is 4. The molecule has 1 unspecified atom stereocenters. The number of hydrogen-bond donors (Lipinski definition) is 1. The van der Waals surface area contributed by atoms with Crippen LogP contribution in [0.2, 0.25) is 0 Å². The van der Waals surface area contributed by atoms with E-state index in [0.29, 0.717) is 5.91 Å². The van der Waals surface area contributed by atoms with Crippen molar-refractivity contribution < 1.29 is 27.9 Å². The normalized spacial score (nSPS) is 20.3. The monoisotopic (exact) mass is 449 g/mol. The van der Waals surface area contributed by atoms with Crippen LogP contribution in [0.1, 0.15) is 35.8 Å². The van der Waals surface area contributed by atoms with Crippen LogP contribution in [0.5, 0.6) is 0 Å². The van der Waals surface area contributed by atoms with Crippen molar-refractivity contribution in [1.29, 1.82) is 0 Å². The van der Waals surface area contributed by atoms with Gasteiger partial charge in [-0.25, -0.2) is 4.79 Å². The van der Waals surface area contributed by atoms with E-state index in [4.69, 9.17) is 9.90 Å². The number of carbonyl (C=O) groups excluding carboxylic acids is 1. The molecule has 1 aromatic carbocycles. The van der Waals surface area contributed by atoms with Crippen LogP contribution in [0.3, 0.4) is 0 Å². The number of alkyl halides is 3. The second-order valence-electron chi connectivity index (χ2n) is 8.23. The van der Waals surface area contributed by atoms with Crippen LogP contribution < -0.4 is 0 Å². The number of likely N-dealkylation sites (tertiary alicyclic amines) is 2. The first-order valence-corrected chi connectivity index (χ1v) is 10.3. The van der Waals surface area contributed by atoms with Crippen molar-refractivity contribution in [3.05, 3.63) is 65.5 Å². The van der Waals surface area contributed by atoms with Gasteiger partial charge >= 0.3 is 12.1 Å². The minimum absolute atomic E-state index is 0.202. The lowest BCUT2D eigenvalue weighted by Gasteiger charge is -2.58. The Morgan fingerprint density at radius 2 is 1.72 bits per heavy atom. The number of carboxylic acid groups (broad SMARTS) is 1. The summed E-state index contributed by atoms with van der Waals surface area (Å²) in [6.45, 7) is 4.82. The Labute approximate surface area is 184 Å². The molecule has 1 atom stereocenters. The molecule has 2 aliphatic rings. The summed E-state index contributed by atoms with van der Waals surface area (Å²) in [6, 6.07) is 16.9. The maximum Gasteiger partial charge on any atom is 0.490 e. The zero-order valence-electron chi connectivity index (χ0n) is 18.0. The Hall–Kier alpha value is -2.94. The van der Waals surface area contributed by atoms with Crippen LogP contribution in [0.15, 0.2) is 48.5 Å². The largest absolute Gasteiger partial charge is 0.490 e. The zero-order valence-corrected chi connectivity index (χ0v) is 18.0. The van der Waals surface area contributed by atoms with Crippen LogP contribution in [-0.4, -0.2) is 58.1 Å². The summed E-state index contributed by atoms with van der Waals surface area (Å²) in [5.41, 5.74) is 3.24. The molecule has 1 spiro atoms. The number of nitrogens with zero attached hydrogens (tertiary/aromatic N) is 3. The Balaban J connectivity index is 0.000000360. The Bertz CT molecular complexity index is 958. The highest BCUT2D eigenvalue weighted by molar-refractivity contribution is 5.90. The van der Waals surface area contributed by atoms with E-state index in [9.17, 15) is 18.0 Å². The molecular formula is C23H26F3N3O3. The first-order valence-electron chi connectivity index (χ1n) is 10.3. The van der Waals surface area contributed by atoms with Gasteiger partial charge in [0.1, 0.15) is 0 Å². The zero-order chi connectivity index (χ0) is 23.5. The average molecular weight is 449 g/mol. The molecular weight excluding hydrogens is 423 g/mol. The van der Waals surface area contributed by atoms with E-state index in [1.165, 1.54) is 5.56 Å². The average Bonchev–Trinajstić information content (AvgIpc) is 2.75. The molecule has 3 heterocycles. The minimum atomic E-state index is -5.08. The highest BCUT2D eigenvalue weighted by Gasteiger charge is 2.59. The fourth-order valence-corrected chi connectivity index (χ4v) is 4.58. The number of carbonyl (C=O) groups is 2. The Kier molecular flexibility index (Phi) is 6.88. The third kappa shape index (κ3) is 4.93. The summed E-state index contributed by atoms with van der Waals surface area (Å²) in [5, 5.41) is 7.12. The molecule has 2 aliphatic heterocycles. The Morgan fingerprint density at radius 3 is 2.25 bits per heavy atom. The number of piperidine rings is 1. The van der Waals surface area contributed by atoms with Gasteiger partial charge in [-0.2, -0.15) is 13.2 Å². The maximum atomic E-state index is 12.7. The maximum absolute atomic E-state index is 12.7. The molecule has 0 saturated carbocycles. The number of aryl methyl sites for hydroxylation is 1. The minimum Gasteiger partial charge on any atom is -0.475 e. The van der Waals surface area contributed by atoms with Crippen LogP contribution in [0, 0.1) is 12.3 Å². The molecule has 0 aliphatic carbocycles. The molecule has 2 aromatic rings. The van der Waals surface area contributed by atoms with Crippen molar-refractivity contribution in [3.8, 4) is 0 Å². The van der Waals surface area contributed by atoms with E-state index >= 15 is 0 Å². The van der Waals surface area contributed by atoms with Crippen molar-refractivity contribution in [2.75, 3.05) is 20.1 Å². The van der Waals surface area contributed by atoms with Crippen LogP contribution >= 0.6 is 0 Å². The van der Waals surface area contributed by atoms with Gasteiger partial charge in [-0.05, 0) is 50.6 Å². The molecule has 0 bridgehead atoms. The van der Waals surface area contributed by atoms with Gasteiger partial charge in [0.2, 0.25) is 5.91 Å². The van der Waals surface area contributed by atoms with Crippen molar-refractivity contribution in [1.82, 2.24) is 14.8 Å². The van der Waals surface area contributed by atoms with E-state index in [-0.39, 0.29) is 11.5 Å². The van der Waals surface area contributed by atoms with E-state index in [2.05, 4.69) is 46.3 Å². The topological polar surface area (TPSA) is 73.7 Å². The number of aliphatic carboxylic acids is 1. The van der Waals surface area contributed by atoms with Crippen molar-refractivity contribution >= 4 is 11.9 Å². The summed E-state index contributed by atoms with van der Waals surface area (Å²) in [7, 11) is 1.94. The molecule has 9 heteroatoms. The van der Waals surface area contributed by atoms with Gasteiger partial charge in [-0.15, -0.1) is 0 Å². The van der Waals surface area contributed by atoms with Gasteiger partial charge in [0.05, 0.1) is 17.2 Å². The fraction of sp³-hybridized carbons (Fsp3) is 0.435. The van der Waals surface area contributed by atoms with Crippen LogP contribution in [0.4, 0.5) is 13.2 Å². The van der Waals surface area contributed by atoms with Gasteiger partial charge in [0.15, 0.2) is 0 Å². The smallest absolute Gasteiger partial charge is 0.475 e.